The van der Waals surface area contributed by atoms with Gasteiger partial charge in [0, 0.05) is 65.3 Å². The SMILES string of the molecule is COC(=O)[C@H](C)Cc1cccc([C@@]2(C)CCCC(C)(C)CS(=O)(=O)CCc3c(c(F)cc4[nH]ccc34)[S+]([O-])c3ccnc(c3)-c3nc2nn3C)c1. The Bertz CT molecular complexity index is 2200. The molecule has 5 aromatic rings. The maximum Gasteiger partial charge on any atom is 0.308 e. The van der Waals surface area contributed by atoms with Gasteiger partial charge in [-0.15, -0.1) is 0 Å². The van der Waals surface area contributed by atoms with Crippen molar-refractivity contribution in [1.29, 1.82) is 0 Å². The standard InChI is InChI=1S/C38H44FN5O5S2/c1-24(35(45)49-6)19-25-9-7-10-26(20-25)38(4)15-8-14-37(2,3)23-51(47,48)18-13-29-28-12-17-40-31(28)22-30(39)33(29)50(46)27-11-16-41-32(21-27)34-42-36(38)43-44(34)5/h7,9-12,16-17,20-22,24,40H,8,13-15,18-19,23H2,1-6H3/t24-,38-,50?/m1/s1. The second-order valence-electron chi connectivity index (χ2n) is 14.7. The van der Waals surface area contributed by atoms with Gasteiger partial charge in [0.25, 0.3) is 0 Å². The molecule has 1 aliphatic heterocycles. The smallest absolute Gasteiger partial charge is 0.308 e. The molecular weight excluding hydrogens is 690 g/mol. The van der Waals surface area contributed by atoms with Crippen molar-refractivity contribution in [3.05, 3.63) is 89.3 Å². The molecule has 1 unspecified atom stereocenters. The zero-order valence-corrected chi connectivity index (χ0v) is 31.5. The summed E-state index contributed by atoms with van der Waals surface area (Å²) in [5.41, 5.74) is 1.99. The normalized spacial score (nSPS) is 21.3. The number of methoxy groups -OCH3 is 1. The van der Waals surface area contributed by atoms with E-state index in [1.54, 1.807) is 36.1 Å². The predicted molar refractivity (Wildman–Crippen MR) is 195 cm³/mol. The van der Waals surface area contributed by atoms with E-state index in [0.29, 0.717) is 64.4 Å². The molecule has 0 amide bonds. The first kappa shape index (κ1) is 36.7. The molecule has 13 heteroatoms. The van der Waals surface area contributed by atoms with Gasteiger partial charge in [0.2, 0.25) is 0 Å². The first-order valence-electron chi connectivity index (χ1n) is 17.1. The third kappa shape index (κ3) is 7.61. The molecule has 270 valence electrons. The number of carbonyl (C=O) groups excluding carboxylic acids is 1. The van der Waals surface area contributed by atoms with Crippen LogP contribution >= 0.6 is 0 Å². The van der Waals surface area contributed by atoms with Crippen LogP contribution in [0, 0.1) is 17.2 Å². The van der Waals surface area contributed by atoms with E-state index >= 15 is 4.39 Å². The quantitative estimate of drug-likeness (QED) is 0.163. The van der Waals surface area contributed by atoms with Crippen molar-refractivity contribution >= 4 is 37.9 Å². The van der Waals surface area contributed by atoms with Crippen LogP contribution in [0.15, 0.2) is 70.7 Å². The number of aromatic amines is 1. The van der Waals surface area contributed by atoms with E-state index in [4.69, 9.17) is 14.8 Å². The van der Waals surface area contributed by atoms with Crippen molar-refractivity contribution in [2.45, 2.75) is 75.0 Å². The molecule has 1 N–H and O–H groups in total. The second kappa shape index (κ2) is 14.2. The number of ether oxygens (including phenoxy) is 1. The van der Waals surface area contributed by atoms with E-state index in [9.17, 15) is 17.8 Å². The van der Waals surface area contributed by atoms with E-state index in [2.05, 4.69) is 23.0 Å². The highest BCUT2D eigenvalue weighted by atomic mass is 32.2. The summed E-state index contributed by atoms with van der Waals surface area (Å²) >= 11 is -2.00. The van der Waals surface area contributed by atoms with Crippen molar-refractivity contribution in [1.82, 2.24) is 24.7 Å². The van der Waals surface area contributed by atoms with E-state index in [1.807, 2.05) is 39.0 Å². The molecular formula is C38H44FN5O5S2. The van der Waals surface area contributed by atoms with Crippen molar-refractivity contribution in [2.75, 3.05) is 18.6 Å². The van der Waals surface area contributed by atoms with Crippen LogP contribution in [0.2, 0.25) is 0 Å². The van der Waals surface area contributed by atoms with Gasteiger partial charge in [0.05, 0.1) is 29.9 Å². The fourth-order valence-corrected chi connectivity index (χ4v) is 10.6. The summed E-state index contributed by atoms with van der Waals surface area (Å²) < 4.78 is 64.1. The average molecular weight is 734 g/mol. The molecule has 4 bridgehead atoms. The summed E-state index contributed by atoms with van der Waals surface area (Å²) in [5, 5.41) is 5.54. The Kier molecular flexibility index (Phi) is 10.2. The number of hydrogen-bond donors (Lipinski definition) is 1. The van der Waals surface area contributed by atoms with Crippen LogP contribution in [0.4, 0.5) is 4.39 Å². The molecule has 4 heterocycles. The summed E-state index contributed by atoms with van der Waals surface area (Å²) in [6, 6.07) is 14.3. The number of hydrogen-bond acceptors (Lipinski definition) is 8. The Labute approximate surface area is 301 Å². The van der Waals surface area contributed by atoms with Crippen LogP contribution in [0.5, 0.6) is 0 Å². The van der Waals surface area contributed by atoms with Crippen molar-refractivity contribution in [3.8, 4) is 11.5 Å². The number of sulfone groups is 1. The van der Waals surface area contributed by atoms with Gasteiger partial charge in [0.15, 0.2) is 37.1 Å². The van der Waals surface area contributed by atoms with Gasteiger partial charge in [-0.2, -0.15) is 5.10 Å². The van der Waals surface area contributed by atoms with E-state index in [0.717, 1.165) is 11.1 Å². The molecule has 3 atom stereocenters. The number of rotatable bonds is 4. The highest BCUT2D eigenvalue weighted by Gasteiger charge is 2.37. The van der Waals surface area contributed by atoms with Crippen molar-refractivity contribution in [2.24, 2.45) is 18.4 Å². The number of nitrogens with one attached hydrogen (secondary N) is 1. The minimum atomic E-state index is -3.60. The summed E-state index contributed by atoms with van der Waals surface area (Å²) in [4.78, 5) is 25.1. The van der Waals surface area contributed by atoms with Crippen LogP contribution in [0.25, 0.3) is 22.4 Å². The fraction of sp³-hybridized carbons (Fsp3) is 0.421. The molecule has 0 fully saturated rings. The number of pyridine rings is 1. The molecule has 1 aliphatic rings. The molecule has 6 rings (SSSR count). The third-order valence-electron chi connectivity index (χ3n) is 10.00. The van der Waals surface area contributed by atoms with Crippen LogP contribution in [0.3, 0.4) is 0 Å². The molecule has 10 nitrogen and oxygen atoms in total. The average Bonchev–Trinajstić information content (AvgIpc) is 3.72. The van der Waals surface area contributed by atoms with E-state index in [1.165, 1.54) is 19.4 Å². The Morgan fingerprint density at radius 2 is 1.94 bits per heavy atom. The lowest BCUT2D eigenvalue weighted by Crippen LogP contribution is -2.29. The highest BCUT2D eigenvalue weighted by molar-refractivity contribution is 7.92. The third-order valence-corrected chi connectivity index (χ3v) is 13.5. The highest BCUT2D eigenvalue weighted by Crippen LogP contribution is 2.40. The number of aromatic nitrogens is 5. The number of halogens is 1. The number of aryl methyl sites for hydroxylation is 2. The number of esters is 1. The van der Waals surface area contributed by atoms with Gasteiger partial charge < -0.3 is 14.3 Å². The maximum absolute atomic E-state index is 15.9. The summed E-state index contributed by atoms with van der Waals surface area (Å²) in [6.07, 6.45) is 5.60. The first-order valence-corrected chi connectivity index (χ1v) is 20.0. The van der Waals surface area contributed by atoms with E-state index in [-0.39, 0.29) is 34.7 Å². The molecule has 0 aliphatic carbocycles. The van der Waals surface area contributed by atoms with Crippen molar-refractivity contribution in [3.63, 3.8) is 0 Å². The summed E-state index contributed by atoms with van der Waals surface area (Å²) in [7, 11) is -0.440. The zero-order chi connectivity index (χ0) is 36.7. The van der Waals surface area contributed by atoms with Crippen molar-refractivity contribution < 1.29 is 26.9 Å². The molecule has 0 spiro atoms. The summed E-state index contributed by atoms with van der Waals surface area (Å²) in [5.74, 6) is -0.548. The van der Waals surface area contributed by atoms with Gasteiger partial charge in [-0.05, 0) is 55.2 Å². The molecule has 51 heavy (non-hydrogen) atoms. The van der Waals surface area contributed by atoms with Gasteiger partial charge in [0.1, 0.15) is 5.69 Å². The molecule has 0 radical (unpaired) electrons. The zero-order valence-electron chi connectivity index (χ0n) is 29.8. The van der Waals surface area contributed by atoms with Crippen LogP contribution in [-0.2, 0) is 55.8 Å². The summed E-state index contributed by atoms with van der Waals surface area (Å²) in [6.45, 7) is 7.83. The predicted octanol–water partition coefficient (Wildman–Crippen LogP) is 6.49. The van der Waals surface area contributed by atoms with Gasteiger partial charge >= 0.3 is 5.97 Å². The monoisotopic (exact) mass is 733 g/mol. The number of nitrogens with zero attached hydrogens (tertiary/aromatic N) is 4. The lowest BCUT2D eigenvalue weighted by molar-refractivity contribution is -0.144. The molecule has 0 saturated carbocycles. The number of H-pyrrole nitrogens is 1. The van der Waals surface area contributed by atoms with Crippen LogP contribution in [-0.4, -0.2) is 62.3 Å². The largest absolute Gasteiger partial charge is 0.606 e. The minimum Gasteiger partial charge on any atom is -0.606 e. The van der Waals surface area contributed by atoms with E-state index < -0.39 is 37.7 Å². The number of carbonyl (C=O) groups is 1. The number of benzene rings is 2. The minimum absolute atomic E-state index is 0.0131. The van der Waals surface area contributed by atoms with Gasteiger partial charge in [-0.25, -0.2) is 22.5 Å². The van der Waals surface area contributed by atoms with Gasteiger partial charge in [-0.1, -0.05) is 51.5 Å². The Morgan fingerprint density at radius 3 is 2.71 bits per heavy atom. The second-order valence-corrected chi connectivity index (χ2v) is 18.3. The Morgan fingerprint density at radius 1 is 1.16 bits per heavy atom. The Hall–Kier alpha value is -4.07. The Balaban J connectivity index is 1.49. The first-order chi connectivity index (χ1) is 24.1. The molecule has 3 aromatic heterocycles. The fourth-order valence-electron chi connectivity index (χ4n) is 7.26. The molecule has 2 aromatic carbocycles. The van der Waals surface area contributed by atoms with Crippen LogP contribution in [0.1, 0.15) is 69.5 Å². The van der Waals surface area contributed by atoms with Crippen LogP contribution < -0.4 is 0 Å². The lowest BCUT2D eigenvalue weighted by atomic mass is 9.75. The van der Waals surface area contributed by atoms with Gasteiger partial charge in [-0.3, -0.25) is 9.78 Å². The topological polar surface area (TPSA) is 143 Å². The lowest BCUT2D eigenvalue weighted by Gasteiger charge is -2.31. The number of fused-ring (bicyclic) bond motifs is 8. The maximum atomic E-state index is 15.9. The molecule has 0 saturated heterocycles.